The van der Waals surface area contributed by atoms with Crippen molar-refractivity contribution in [1.29, 1.82) is 0 Å². The molecule has 1 aliphatic heterocycles. The summed E-state index contributed by atoms with van der Waals surface area (Å²) in [5.74, 6) is -1.31. The summed E-state index contributed by atoms with van der Waals surface area (Å²) in [6.07, 6.45) is 0. The molecule has 0 aromatic heterocycles. The van der Waals surface area contributed by atoms with Gasteiger partial charge in [-0.05, 0) is 33.0 Å². The van der Waals surface area contributed by atoms with Crippen LogP contribution in [0.25, 0.3) is 21.9 Å². The fourth-order valence-electron chi connectivity index (χ4n) is 4.73. The summed E-state index contributed by atoms with van der Waals surface area (Å²) < 4.78 is 5.30. The van der Waals surface area contributed by atoms with Gasteiger partial charge in [-0.2, -0.15) is 0 Å². The van der Waals surface area contributed by atoms with Crippen LogP contribution < -0.4 is 5.32 Å². The second kappa shape index (κ2) is 8.75. The molecule has 4 nitrogen and oxygen atoms in total. The maximum atomic E-state index is 13.6. The first-order valence-corrected chi connectivity index (χ1v) is 10.9. The van der Waals surface area contributed by atoms with Crippen LogP contribution >= 0.6 is 0 Å². The fourth-order valence-corrected chi connectivity index (χ4v) is 4.73. The maximum Gasteiger partial charge on any atom is 0.315 e. The molecular weight excluding hydrogens is 410 g/mol. The predicted molar refractivity (Wildman–Crippen MR) is 130 cm³/mol. The van der Waals surface area contributed by atoms with Gasteiger partial charge in [0.15, 0.2) is 0 Å². The Morgan fingerprint density at radius 2 is 1.36 bits per heavy atom. The molecule has 0 bridgehead atoms. The monoisotopic (exact) mass is 433 g/mol. The molecule has 1 aliphatic rings. The Morgan fingerprint density at radius 1 is 0.758 bits per heavy atom. The predicted octanol–water partition coefficient (Wildman–Crippen LogP) is 5.41. The minimum absolute atomic E-state index is 0.210. The fraction of sp³-hybridized carbons (Fsp3) is 0.103. The minimum Gasteiger partial charge on any atom is -0.468 e. The van der Waals surface area contributed by atoms with Crippen molar-refractivity contribution in [3.63, 3.8) is 0 Å². The quantitative estimate of drug-likeness (QED) is 0.438. The molecule has 0 unspecified atom stereocenters. The first-order chi connectivity index (χ1) is 16.2. The van der Waals surface area contributed by atoms with E-state index < -0.39 is 12.0 Å². The highest BCUT2D eigenvalue weighted by molar-refractivity contribution is 6.30. The summed E-state index contributed by atoms with van der Waals surface area (Å²) >= 11 is 0. The highest BCUT2D eigenvalue weighted by Gasteiger charge is 2.43. The van der Waals surface area contributed by atoms with Crippen LogP contribution in [0.15, 0.2) is 103 Å². The van der Waals surface area contributed by atoms with Crippen molar-refractivity contribution in [3.8, 4) is 0 Å². The molecule has 1 heterocycles. The Hall–Kier alpha value is -4.18. The van der Waals surface area contributed by atoms with Crippen molar-refractivity contribution >= 4 is 33.8 Å². The van der Waals surface area contributed by atoms with Crippen molar-refractivity contribution in [1.82, 2.24) is 5.32 Å². The molecule has 1 N–H and O–H groups in total. The van der Waals surface area contributed by atoms with Crippen molar-refractivity contribution in [2.45, 2.75) is 6.04 Å². The molecule has 0 aliphatic carbocycles. The Balaban J connectivity index is 1.81. The molecule has 33 heavy (non-hydrogen) atoms. The Bertz CT molecular complexity index is 1350. The summed E-state index contributed by atoms with van der Waals surface area (Å²) in [6, 6.07) is 32.5. The van der Waals surface area contributed by atoms with Gasteiger partial charge in [0.25, 0.3) is 5.91 Å². The lowest BCUT2D eigenvalue weighted by molar-refractivity contribution is -0.144. The number of ether oxygens (including phenoxy) is 1. The maximum absolute atomic E-state index is 13.6. The van der Waals surface area contributed by atoms with Crippen LogP contribution in [-0.2, 0) is 14.3 Å². The summed E-state index contributed by atoms with van der Waals surface area (Å²) in [5, 5.41) is 5.18. The molecule has 0 fully saturated rings. The van der Waals surface area contributed by atoms with Crippen LogP contribution in [-0.4, -0.2) is 19.0 Å². The van der Waals surface area contributed by atoms with Gasteiger partial charge in [0, 0.05) is 0 Å². The summed E-state index contributed by atoms with van der Waals surface area (Å²) in [4.78, 5) is 27.0. The molecule has 5 rings (SSSR count). The van der Waals surface area contributed by atoms with E-state index >= 15 is 0 Å². The molecule has 0 saturated carbocycles. The summed E-state index contributed by atoms with van der Waals surface area (Å²) in [5.41, 5.74) is 3.65. The summed E-state index contributed by atoms with van der Waals surface area (Å²) in [7, 11) is 1.39. The number of hydrogen-bond donors (Lipinski definition) is 1. The average Bonchev–Trinajstić information content (AvgIpc) is 2.88. The number of amides is 1. The topological polar surface area (TPSA) is 55.4 Å². The van der Waals surface area contributed by atoms with Gasteiger partial charge in [0.05, 0.1) is 18.7 Å². The zero-order valence-electron chi connectivity index (χ0n) is 18.2. The van der Waals surface area contributed by atoms with Crippen LogP contribution in [0.1, 0.15) is 22.7 Å². The minimum atomic E-state index is -0.712. The van der Waals surface area contributed by atoms with Gasteiger partial charge in [-0.25, -0.2) is 0 Å². The second-order valence-corrected chi connectivity index (χ2v) is 8.04. The number of benzene rings is 4. The molecule has 162 valence electrons. The number of hydrogen-bond acceptors (Lipinski definition) is 3. The van der Waals surface area contributed by atoms with Gasteiger partial charge in [0.2, 0.25) is 0 Å². The molecule has 2 atom stereocenters. The van der Waals surface area contributed by atoms with Gasteiger partial charge >= 0.3 is 5.97 Å². The normalized spacial score (nSPS) is 18.2. The highest BCUT2D eigenvalue weighted by atomic mass is 16.5. The first-order valence-electron chi connectivity index (χ1n) is 10.9. The second-order valence-electron chi connectivity index (χ2n) is 8.04. The van der Waals surface area contributed by atoms with Gasteiger partial charge in [-0.15, -0.1) is 0 Å². The van der Waals surface area contributed by atoms with E-state index in [0.29, 0.717) is 11.1 Å². The van der Waals surface area contributed by atoms with Gasteiger partial charge in [-0.1, -0.05) is 103 Å². The van der Waals surface area contributed by atoms with Gasteiger partial charge in [0.1, 0.15) is 5.92 Å². The lowest BCUT2D eigenvalue weighted by Gasteiger charge is -2.35. The molecule has 4 heteroatoms. The molecular formula is C29H23NO3. The van der Waals surface area contributed by atoms with Crippen molar-refractivity contribution in [2.24, 2.45) is 5.92 Å². The third-order valence-electron chi connectivity index (χ3n) is 6.19. The third-order valence-corrected chi connectivity index (χ3v) is 6.19. The van der Waals surface area contributed by atoms with Gasteiger partial charge < -0.3 is 10.1 Å². The molecule has 0 radical (unpaired) electrons. The van der Waals surface area contributed by atoms with Crippen LogP contribution in [0.3, 0.4) is 0 Å². The van der Waals surface area contributed by atoms with E-state index in [-0.39, 0.29) is 11.9 Å². The molecule has 4 aromatic carbocycles. The van der Waals surface area contributed by atoms with Crippen LogP contribution in [0, 0.1) is 5.92 Å². The van der Waals surface area contributed by atoms with Crippen LogP contribution in [0.2, 0.25) is 0 Å². The van der Waals surface area contributed by atoms with E-state index in [1.807, 2.05) is 103 Å². The van der Waals surface area contributed by atoms with E-state index in [9.17, 15) is 9.59 Å². The lowest BCUT2D eigenvalue weighted by Crippen LogP contribution is -2.43. The first kappa shape index (κ1) is 20.7. The van der Waals surface area contributed by atoms with E-state index in [1.165, 1.54) is 7.11 Å². The van der Waals surface area contributed by atoms with E-state index in [4.69, 9.17) is 4.74 Å². The van der Waals surface area contributed by atoms with E-state index in [2.05, 4.69) is 5.32 Å². The zero-order chi connectivity index (χ0) is 22.8. The van der Waals surface area contributed by atoms with E-state index in [0.717, 1.165) is 27.5 Å². The highest BCUT2D eigenvalue weighted by Crippen LogP contribution is 2.44. The van der Waals surface area contributed by atoms with Crippen molar-refractivity contribution in [2.75, 3.05) is 7.11 Å². The summed E-state index contributed by atoms with van der Waals surface area (Å²) in [6.45, 7) is 0. The smallest absolute Gasteiger partial charge is 0.315 e. The Kier molecular flexibility index (Phi) is 5.49. The van der Waals surface area contributed by atoms with E-state index in [1.54, 1.807) is 0 Å². The molecule has 0 saturated heterocycles. The van der Waals surface area contributed by atoms with Crippen LogP contribution in [0.4, 0.5) is 0 Å². The number of fused-ring (bicyclic) bond motifs is 1. The number of nitrogens with one attached hydrogen (secondary N) is 1. The molecule has 1 amide bonds. The average molecular weight is 434 g/mol. The molecule has 0 spiro atoms. The number of methoxy groups -OCH3 is 1. The number of esters is 1. The zero-order valence-corrected chi connectivity index (χ0v) is 18.2. The standard InChI is InChI=1S/C29H23NO3/c1-33-29(32)26-24(20-12-4-2-5-13-20)25(21-14-6-3-7-15-21)28(31)30-27(26)23-18-10-16-19-11-8-9-17-22(19)23/h2-18,26-27H,1H3,(H,30,31)/t26-,27+/m0/s1. The third kappa shape index (κ3) is 3.70. The van der Waals surface area contributed by atoms with Crippen molar-refractivity contribution in [3.05, 3.63) is 120 Å². The molecule has 4 aromatic rings. The Morgan fingerprint density at radius 3 is 2.06 bits per heavy atom. The lowest BCUT2D eigenvalue weighted by atomic mass is 9.75. The Labute approximate surface area is 192 Å². The number of rotatable bonds is 4. The largest absolute Gasteiger partial charge is 0.468 e. The van der Waals surface area contributed by atoms with Crippen LogP contribution in [0.5, 0.6) is 0 Å². The number of carbonyl (C=O) groups is 2. The number of carbonyl (C=O) groups excluding carboxylic acids is 2. The SMILES string of the molecule is COC(=O)[C@H]1C(c2ccccc2)=C(c2ccccc2)C(=O)N[C@@H]1c1cccc2ccccc12. The van der Waals surface area contributed by atoms with Crippen molar-refractivity contribution < 1.29 is 14.3 Å². The van der Waals surface area contributed by atoms with Gasteiger partial charge in [-0.3, -0.25) is 9.59 Å².